The molecule has 0 bridgehead atoms. The summed E-state index contributed by atoms with van der Waals surface area (Å²) in [6.45, 7) is 10.8. The molecule has 1 atom stereocenters. The predicted molar refractivity (Wildman–Crippen MR) is 58.9 cm³/mol. The lowest BCUT2D eigenvalue weighted by Crippen LogP contribution is -2.46. The van der Waals surface area contributed by atoms with Crippen LogP contribution in [0.1, 0.15) is 47.0 Å². The summed E-state index contributed by atoms with van der Waals surface area (Å²) >= 11 is 0. The SMILES string of the molecule is CCN(CC)C1(C#N)CCC(C)(C)C1. The lowest BCUT2D eigenvalue weighted by molar-refractivity contribution is 0.145. The maximum Gasteiger partial charge on any atom is 0.109 e. The lowest BCUT2D eigenvalue weighted by atomic mass is 9.87. The first-order chi connectivity index (χ1) is 6.49. The third kappa shape index (κ3) is 1.93. The Labute approximate surface area is 87.9 Å². The summed E-state index contributed by atoms with van der Waals surface area (Å²) in [5, 5.41) is 9.39. The van der Waals surface area contributed by atoms with Crippen LogP contribution in [0, 0.1) is 16.7 Å². The van der Waals surface area contributed by atoms with Gasteiger partial charge in [-0.3, -0.25) is 4.90 Å². The molecule has 0 aromatic rings. The molecule has 0 N–H and O–H groups in total. The van der Waals surface area contributed by atoms with Crippen molar-refractivity contribution in [1.82, 2.24) is 4.90 Å². The minimum atomic E-state index is -0.174. The van der Waals surface area contributed by atoms with Crippen LogP contribution >= 0.6 is 0 Å². The quantitative estimate of drug-likeness (QED) is 0.690. The highest BCUT2D eigenvalue weighted by Crippen LogP contribution is 2.46. The molecule has 2 nitrogen and oxygen atoms in total. The van der Waals surface area contributed by atoms with Crippen molar-refractivity contribution in [3.05, 3.63) is 0 Å². The molecule has 0 radical (unpaired) electrons. The van der Waals surface area contributed by atoms with Crippen molar-refractivity contribution in [2.75, 3.05) is 13.1 Å². The van der Waals surface area contributed by atoms with Crippen LogP contribution in [0.15, 0.2) is 0 Å². The zero-order chi connectivity index (χ0) is 10.8. The van der Waals surface area contributed by atoms with Gasteiger partial charge in [0.2, 0.25) is 0 Å². The van der Waals surface area contributed by atoms with E-state index in [2.05, 4.69) is 38.7 Å². The number of hydrogen-bond acceptors (Lipinski definition) is 2. The smallest absolute Gasteiger partial charge is 0.109 e. The van der Waals surface area contributed by atoms with Crippen LogP contribution < -0.4 is 0 Å². The van der Waals surface area contributed by atoms with Gasteiger partial charge in [-0.15, -0.1) is 0 Å². The Morgan fingerprint density at radius 2 is 1.79 bits per heavy atom. The molecule has 0 heterocycles. The van der Waals surface area contributed by atoms with Crippen LogP contribution in [0.25, 0.3) is 0 Å². The van der Waals surface area contributed by atoms with Gasteiger partial charge in [0, 0.05) is 0 Å². The van der Waals surface area contributed by atoms with E-state index in [4.69, 9.17) is 0 Å². The molecule has 80 valence electrons. The van der Waals surface area contributed by atoms with Gasteiger partial charge < -0.3 is 0 Å². The summed E-state index contributed by atoms with van der Waals surface area (Å²) in [5.41, 5.74) is 0.172. The second-order valence-corrected chi connectivity index (χ2v) is 5.16. The second-order valence-electron chi connectivity index (χ2n) is 5.16. The fraction of sp³-hybridized carbons (Fsp3) is 0.917. The van der Waals surface area contributed by atoms with Crippen molar-refractivity contribution in [2.24, 2.45) is 5.41 Å². The summed E-state index contributed by atoms with van der Waals surface area (Å²) < 4.78 is 0. The molecule has 1 saturated carbocycles. The van der Waals surface area contributed by atoms with E-state index in [1.54, 1.807) is 0 Å². The standard InChI is InChI=1S/C12H22N2/c1-5-14(6-2)12(10-13)8-7-11(3,4)9-12/h5-9H2,1-4H3. The van der Waals surface area contributed by atoms with Crippen molar-refractivity contribution in [2.45, 2.75) is 52.5 Å². The topological polar surface area (TPSA) is 27.0 Å². The van der Waals surface area contributed by atoms with E-state index in [0.717, 1.165) is 25.9 Å². The first kappa shape index (κ1) is 11.5. The van der Waals surface area contributed by atoms with Gasteiger partial charge in [-0.05, 0) is 37.8 Å². The molecule has 1 fully saturated rings. The summed E-state index contributed by atoms with van der Waals surface area (Å²) in [4.78, 5) is 2.32. The molecule has 1 rings (SSSR count). The molecule has 0 aliphatic heterocycles. The minimum absolute atomic E-state index is 0.174. The summed E-state index contributed by atoms with van der Waals surface area (Å²) in [6.07, 6.45) is 3.24. The maximum atomic E-state index is 9.39. The Morgan fingerprint density at radius 1 is 1.21 bits per heavy atom. The van der Waals surface area contributed by atoms with Gasteiger partial charge in [0.15, 0.2) is 0 Å². The largest absolute Gasteiger partial charge is 0.286 e. The van der Waals surface area contributed by atoms with Crippen molar-refractivity contribution in [3.8, 4) is 6.07 Å². The van der Waals surface area contributed by atoms with Gasteiger partial charge in [-0.1, -0.05) is 27.7 Å². The zero-order valence-electron chi connectivity index (χ0n) is 9.93. The molecule has 0 saturated heterocycles. The fourth-order valence-corrected chi connectivity index (χ4v) is 2.78. The molecular formula is C12H22N2. The monoisotopic (exact) mass is 194 g/mol. The average Bonchev–Trinajstić information content (AvgIpc) is 2.45. The Bertz CT molecular complexity index is 235. The molecule has 0 spiro atoms. The average molecular weight is 194 g/mol. The maximum absolute atomic E-state index is 9.39. The Morgan fingerprint density at radius 3 is 2.07 bits per heavy atom. The van der Waals surface area contributed by atoms with Crippen LogP contribution in [0.2, 0.25) is 0 Å². The summed E-state index contributed by atoms with van der Waals surface area (Å²) in [5.74, 6) is 0. The molecule has 0 aromatic heterocycles. The first-order valence-electron chi connectivity index (χ1n) is 5.66. The van der Waals surface area contributed by atoms with Crippen LogP contribution in [0.3, 0.4) is 0 Å². The molecule has 0 aromatic carbocycles. The molecule has 1 unspecified atom stereocenters. The first-order valence-corrected chi connectivity index (χ1v) is 5.66. The normalized spacial score (nSPS) is 30.6. The van der Waals surface area contributed by atoms with E-state index in [1.807, 2.05) is 0 Å². The van der Waals surface area contributed by atoms with Crippen molar-refractivity contribution < 1.29 is 0 Å². The van der Waals surface area contributed by atoms with Gasteiger partial charge in [0.05, 0.1) is 6.07 Å². The van der Waals surface area contributed by atoms with E-state index >= 15 is 0 Å². The van der Waals surface area contributed by atoms with E-state index in [1.165, 1.54) is 6.42 Å². The van der Waals surface area contributed by atoms with Crippen LogP contribution in [-0.4, -0.2) is 23.5 Å². The van der Waals surface area contributed by atoms with Crippen LogP contribution in [-0.2, 0) is 0 Å². The van der Waals surface area contributed by atoms with Gasteiger partial charge >= 0.3 is 0 Å². The van der Waals surface area contributed by atoms with Crippen molar-refractivity contribution in [1.29, 1.82) is 5.26 Å². The Balaban J connectivity index is 2.85. The van der Waals surface area contributed by atoms with E-state index in [-0.39, 0.29) is 5.54 Å². The van der Waals surface area contributed by atoms with E-state index in [9.17, 15) is 5.26 Å². The van der Waals surface area contributed by atoms with Crippen LogP contribution in [0.4, 0.5) is 0 Å². The molecule has 14 heavy (non-hydrogen) atoms. The highest BCUT2D eigenvalue weighted by Gasteiger charge is 2.46. The third-order valence-electron chi connectivity index (χ3n) is 3.56. The highest BCUT2D eigenvalue weighted by atomic mass is 15.2. The predicted octanol–water partition coefficient (Wildman–Crippen LogP) is 2.80. The van der Waals surface area contributed by atoms with Crippen molar-refractivity contribution >= 4 is 0 Å². The molecule has 1 aliphatic carbocycles. The number of rotatable bonds is 3. The number of hydrogen-bond donors (Lipinski definition) is 0. The Kier molecular flexibility index (Phi) is 3.21. The molecular weight excluding hydrogens is 172 g/mol. The summed E-state index contributed by atoms with van der Waals surface area (Å²) in [7, 11) is 0. The van der Waals surface area contributed by atoms with Crippen molar-refractivity contribution in [3.63, 3.8) is 0 Å². The lowest BCUT2D eigenvalue weighted by Gasteiger charge is -2.35. The minimum Gasteiger partial charge on any atom is -0.286 e. The highest BCUT2D eigenvalue weighted by molar-refractivity contribution is 5.14. The zero-order valence-corrected chi connectivity index (χ0v) is 9.93. The second kappa shape index (κ2) is 3.90. The molecule has 1 aliphatic rings. The van der Waals surface area contributed by atoms with Gasteiger partial charge in [0.25, 0.3) is 0 Å². The van der Waals surface area contributed by atoms with E-state index in [0.29, 0.717) is 5.41 Å². The van der Waals surface area contributed by atoms with Crippen LogP contribution in [0.5, 0.6) is 0 Å². The third-order valence-corrected chi connectivity index (χ3v) is 3.56. The van der Waals surface area contributed by atoms with Gasteiger partial charge in [0.1, 0.15) is 5.54 Å². The number of nitrogens with zero attached hydrogens (tertiary/aromatic N) is 2. The molecule has 2 heteroatoms. The Hall–Kier alpha value is -0.550. The number of nitriles is 1. The fourth-order valence-electron chi connectivity index (χ4n) is 2.78. The van der Waals surface area contributed by atoms with Gasteiger partial charge in [-0.25, -0.2) is 0 Å². The molecule has 0 amide bonds. The van der Waals surface area contributed by atoms with E-state index < -0.39 is 0 Å². The van der Waals surface area contributed by atoms with Gasteiger partial charge in [-0.2, -0.15) is 5.26 Å². The summed E-state index contributed by atoms with van der Waals surface area (Å²) in [6, 6.07) is 2.56.